The van der Waals surface area contributed by atoms with E-state index in [4.69, 9.17) is 14.4 Å². The summed E-state index contributed by atoms with van der Waals surface area (Å²) >= 11 is 0. The number of rotatable bonds is 13. The fourth-order valence-electron chi connectivity index (χ4n) is 4.78. The lowest BCUT2D eigenvalue weighted by Gasteiger charge is -2.21. The summed E-state index contributed by atoms with van der Waals surface area (Å²) in [7, 11) is -8.77. The third kappa shape index (κ3) is 6.86. The van der Waals surface area contributed by atoms with E-state index in [1.165, 1.54) is 12.1 Å². The Kier molecular flexibility index (Phi) is 8.68. The Morgan fingerprint density at radius 2 is 1.76 bits per heavy atom. The molecule has 1 heterocycles. The van der Waals surface area contributed by atoms with Crippen LogP contribution in [0.1, 0.15) is 64.9 Å². The van der Waals surface area contributed by atoms with Crippen molar-refractivity contribution in [2.75, 3.05) is 18.9 Å². The molecule has 204 valence electrons. The molecule has 0 amide bonds. The normalized spacial score (nSPS) is 15.3. The summed E-state index contributed by atoms with van der Waals surface area (Å²) in [4.78, 5) is 10.3. The van der Waals surface area contributed by atoms with Crippen LogP contribution in [0.15, 0.2) is 29.2 Å². The molecule has 0 unspecified atom stereocenters. The molecule has 0 aliphatic carbocycles. The molecule has 37 heavy (non-hydrogen) atoms. The number of aliphatic carboxylic acids is 1. The van der Waals surface area contributed by atoms with Crippen molar-refractivity contribution in [2.24, 2.45) is 0 Å². The first-order chi connectivity index (χ1) is 17.1. The van der Waals surface area contributed by atoms with Crippen molar-refractivity contribution in [1.29, 1.82) is 0 Å². The van der Waals surface area contributed by atoms with Gasteiger partial charge in [0.05, 0.1) is 28.2 Å². The van der Waals surface area contributed by atoms with Gasteiger partial charge in [-0.2, -0.15) is 13.0 Å². The van der Waals surface area contributed by atoms with Crippen molar-refractivity contribution in [1.82, 2.24) is 0 Å². The van der Waals surface area contributed by atoms with Crippen LogP contribution >= 0.6 is 0 Å². The van der Waals surface area contributed by atoms with Gasteiger partial charge in [-0.05, 0) is 63.1 Å². The smallest absolute Gasteiger partial charge is 0.303 e. The van der Waals surface area contributed by atoms with E-state index in [2.05, 4.69) is 4.58 Å². The number of fused-ring (bicyclic) bond motifs is 3. The van der Waals surface area contributed by atoms with Gasteiger partial charge in [-0.15, -0.1) is 0 Å². The zero-order valence-corrected chi connectivity index (χ0v) is 22.8. The van der Waals surface area contributed by atoms with Gasteiger partial charge in [0.1, 0.15) is 22.4 Å². The van der Waals surface area contributed by atoms with Crippen LogP contribution in [0, 0.1) is 0 Å². The van der Waals surface area contributed by atoms with Gasteiger partial charge >= 0.3 is 5.97 Å². The molecule has 0 bridgehead atoms. The summed E-state index contributed by atoms with van der Waals surface area (Å²) in [6.45, 7) is 6.80. The third-order valence-electron chi connectivity index (χ3n) is 6.87. The van der Waals surface area contributed by atoms with Crippen molar-refractivity contribution in [3.05, 3.63) is 29.8 Å². The molecule has 0 fully saturated rings. The minimum atomic E-state index is -4.74. The highest BCUT2D eigenvalue weighted by molar-refractivity contribution is 7.86. The Morgan fingerprint density at radius 3 is 2.38 bits per heavy atom. The van der Waals surface area contributed by atoms with E-state index < -0.39 is 31.6 Å². The summed E-state index contributed by atoms with van der Waals surface area (Å²) in [6.07, 6.45) is 2.57. The molecule has 0 radical (unpaired) electrons. The zero-order chi connectivity index (χ0) is 27.6. The molecule has 1 aliphatic rings. The summed E-state index contributed by atoms with van der Waals surface area (Å²) in [5.74, 6) is -0.909. The average Bonchev–Trinajstić information content (AvgIpc) is 2.97. The van der Waals surface area contributed by atoms with Crippen LogP contribution in [0.4, 0.5) is 5.69 Å². The molecule has 0 saturated heterocycles. The molecule has 0 saturated carbocycles. The van der Waals surface area contributed by atoms with Crippen LogP contribution < -0.4 is 4.74 Å². The van der Waals surface area contributed by atoms with E-state index in [0.29, 0.717) is 49.4 Å². The fraction of sp³-hybridized carbons (Fsp3) is 0.520. The highest BCUT2D eigenvalue weighted by Crippen LogP contribution is 2.47. The van der Waals surface area contributed by atoms with Crippen molar-refractivity contribution in [2.45, 2.75) is 69.6 Å². The molecule has 0 aromatic heterocycles. The molecule has 12 heteroatoms. The SMILES string of the molecule is CC1=[N+](CCCCS(=O)(=O)O)c2ccc3cc(S(=O)(=O)[O-])cc(OCCCCCC(=O)O)c3c2C1(C)C. The lowest BCUT2D eigenvalue weighted by molar-refractivity contribution is -0.439. The first-order valence-electron chi connectivity index (χ1n) is 12.1. The first kappa shape index (κ1) is 29.0. The Morgan fingerprint density at radius 1 is 1.05 bits per heavy atom. The maximum Gasteiger partial charge on any atom is 0.303 e. The van der Waals surface area contributed by atoms with Gasteiger partial charge in [0, 0.05) is 31.2 Å². The van der Waals surface area contributed by atoms with Crippen LogP contribution in [0.3, 0.4) is 0 Å². The lowest BCUT2D eigenvalue weighted by Crippen LogP contribution is -2.27. The molecule has 3 rings (SSSR count). The maximum absolute atomic E-state index is 11.9. The first-order valence-corrected chi connectivity index (χ1v) is 15.1. The quantitative estimate of drug-likeness (QED) is 0.212. The van der Waals surface area contributed by atoms with E-state index in [1.807, 2.05) is 26.8 Å². The van der Waals surface area contributed by atoms with Crippen LogP contribution in [0.25, 0.3) is 10.8 Å². The van der Waals surface area contributed by atoms with Gasteiger partial charge in [-0.25, -0.2) is 8.42 Å². The number of nitrogens with zero attached hydrogens (tertiary/aromatic N) is 1. The number of carboxylic acid groups (broad SMARTS) is 1. The zero-order valence-electron chi connectivity index (χ0n) is 21.2. The number of ether oxygens (including phenoxy) is 1. The molecular formula is C25H33NO9S2. The molecule has 0 atom stereocenters. The molecule has 1 aliphatic heterocycles. The average molecular weight is 556 g/mol. The predicted octanol–water partition coefficient (Wildman–Crippen LogP) is 3.83. The van der Waals surface area contributed by atoms with Gasteiger partial charge in [-0.3, -0.25) is 9.35 Å². The largest absolute Gasteiger partial charge is 0.744 e. The summed E-state index contributed by atoms with van der Waals surface area (Å²) < 4.78 is 74.8. The summed E-state index contributed by atoms with van der Waals surface area (Å²) in [5, 5.41) is 10.0. The summed E-state index contributed by atoms with van der Waals surface area (Å²) in [6, 6.07) is 6.19. The molecular weight excluding hydrogens is 522 g/mol. The number of hydrogen-bond acceptors (Lipinski definition) is 7. The number of carboxylic acids is 1. The van der Waals surface area contributed by atoms with Gasteiger partial charge in [0.25, 0.3) is 10.1 Å². The van der Waals surface area contributed by atoms with Crippen molar-refractivity contribution in [3.8, 4) is 5.75 Å². The Bertz CT molecular complexity index is 1440. The highest BCUT2D eigenvalue weighted by atomic mass is 32.2. The predicted molar refractivity (Wildman–Crippen MR) is 138 cm³/mol. The highest BCUT2D eigenvalue weighted by Gasteiger charge is 2.44. The summed E-state index contributed by atoms with van der Waals surface area (Å²) in [5.41, 5.74) is 2.33. The molecule has 0 spiro atoms. The van der Waals surface area contributed by atoms with Gasteiger partial charge in [-0.1, -0.05) is 0 Å². The molecule has 2 aromatic rings. The Labute approximate surface area is 217 Å². The minimum Gasteiger partial charge on any atom is -0.744 e. The second kappa shape index (κ2) is 11.1. The van der Waals surface area contributed by atoms with Crippen LogP contribution in [-0.4, -0.2) is 66.2 Å². The molecule has 10 nitrogen and oxygen atoms in total. The van der Waals surface area contributed by atoms with Gasteiger partial charge in [0.15, 0.2) is 5.71 Å². The number of benzene rings is 2. The standard InChI is InChI=1S/C25H33NO9S2/c1-17-25(2,3)24-20(26(17)12-6-8-14-36(29,30)31)11-10-18-15-19(37(32,33)34)16-21(23(18)24)35-13-7-4-5-9-22(27)28/h10-11,15-16H,4-9,12-14H2,1-3H3,(H2-,27,28,29,30,31,32,33,34). The number of unbranched alkanes of at least 4 members (excludes halogenated alkanes) is 3. The Balaban J connectivity index is 2.00. The van der Waals surface area contributed by atoms with E-state index in [-0.39, 0.29) is 29.4 Å². The van der Waals surface area contributed by atoms with Crippen LogP contribution in [0.2, 0.25) is 0 Å². The number of hydrogen-bond donors (Lipinski definition) is 2. The van der Waals surface area contributed by atoms with Crippen LogP contribution in [0.5, 0.6) is 5.75 Å². The third-order valence-corrected chi connectivity index (χ3v) is 8.49. The monoisotopic (exact) mass is 555 g/mol. The van der Waals surface area contributed by atoms with Gasteiger partial charge < -0.3 is 14.4 Å². The minimum absolute atomic E-state index is 0.0592. The van der Waals surface area contributed by atoms with Crippen LogP contribution in [-0.2, 0) is 30.4 Å². The van der Waals surface area contributed by atoms with Crippen molar-refractivity contribution >= 4 is 48.4 Å². The second-order valence-corrected chi connectivity index (χ2v) is 12.8. The molecule has 2 N–H and O–H groups in total. The fourth-order valence-corrected chi connectivity index (χ4v) is 5.88. The topological polar surface area (TPSA) is 161 Å². The maximum atomic E-state index is 11.9. The second-order valence-electron chi connectivity index (χ2n) is 9.84. The lowest BCUT2D eigenvalue weighted by atomic mass is 9.79. The Hall–Kier alpha value is -2.54. The van der Waals surface area contributed by atoms with E-state index >= 15 is 0 Å². The van der Waals surface area contributed by atoms with E-state index in [1.54, 1.807) is 6.07 Å². The van der Waals surface area contributed by atoms with Crippen molar-refractivity contribution in [3.63, 3.8) is 0 Å². The van der Waals surface area contributed by atoms with E-state index in [9.17, 15) is 26.2 Å². The van der Waals surface area contributed by atoms with Crippen molar-refractivity contribution < 1.29 is 45.2 Å². The number of carbonyl (C=O) groups is 1. The van der Waals surface area contributed by atoms with E-state index in [0.717, 1.165) is 17.0 Å². The van der Waals surface area contributed by atoms with Gasteiger partial charge in [0.2, 0.25) is 5.69 Å². The molecule has 2 aromatic carbocycles.